The Hall–Kier alpha value is -4.26. The Balaban J connectivity index is 1.36. The van der Waals surface area contributed by atoms with Gasteiger partial charge in [-0.2, -0.15) is 5.10 Å². The van der Waals surface area contributed by atoms with E-state index < -0.39 is 0 Å². The maximum absolute atomic E-state index is 12.9. The van der Waals surface area contributed by atoms with Gasteiger partial charge < -0.3 is 9.73 Å². The number of aryl methyl sites for hydroxylation is 1. The van der Waals surface area contributed by atoms with E-state index in [-0.39, 0.29) is 17.6 Å². The van der Waals surface area contributed by atoms with Crippen LogP contribution in [0.4, 0.5) is 0 Å². The molecule has 0 aliphatic heterocycles. The molecule has 0 saturated carbocycles. The standard InChI is InChI=1S/C27H24N4O3/c1-17-24-22(30-31-26(32)21-11-4-9-19-8-2-3-10-20(19)21)12-5-13-23(24)34-25(17)27(33)29-16-18-7-6-14-28-15-18/h2-4,6-11,14-15H,5,12-13,16H2,1H3,(H,29,33)(H,31,32)/b30-22+. The highest BCUT2D eigenvalue weighted by molar-refractivity contribution is 6.09. The molecule has 2 N–H and O–H groups in total. The molecule has 170 valence electrons. The fraction of sp³-hybridized carbons (Fsp3) is 0.185. The van der Waals surface area contributed by atoms with Gasteiger partial charge in [0.1, 0.15) is 5.76 Å². The molecular weight excluding hydrogens is 428 g/mol. The van der Waals surface area contributed by atoms with Crippen LogP contribution in [0.25, 0.3) is 10.8 Å². The summed E-state index contributed by atoms with van der Waals surface area (Å²) in [6.07, 6.45) is 5.65. The maximum Gasteiger partial charge on any atom is 0.287 e. The van der Waals surface area contributed by atoms with Crippen LogP contribution in [0, 0.1) is 6.92 Å². The lowest BCUT2D eigenvalue weighted by Gasteiger charge is -2.13. The molecule has 1 aliphatic rings. The van der Waals surface area contributed by atoms with Gasteiger partial charge >= 0.3 is 0 Å². The first-order valence-electron chi connectivity index (χ1n) is 11.3. The zero-order chi connectivity index (χ0) is 23.5. The quantitative estimate of drug-likeness (QED) is 0.435. The molecule has 0 radical (unpaired) electrons. The van der Waals surface area contributed by atoms with E-state index in [1.165, 1.54) is 0 Å². The second-order valence-electron chi connectivity index (χ2n) is 8.28. The van der Waals surface area contributed by atoms with Crippen LogP contribution in [0.5, 0.6) is 0 Å². The Bertz CT molecular complexity index is 1400. The molecule has 0 spiro atoms. The third-order valence-electron chi connectivity index (χ3n) is 6.03. The number of nitrogens with zero attached hydrogens (tertiary/aromatic N) is 2. The molecule has 0 saturated heterocycles. The van der Waals surface area contributed by atoms with Gasteiger partial charge in [-0.3, -0.25) is 14.6 Å². The molecule has 34 heavy (non-hydrogen) atoms. The highest BCUT2D eigenvalue weighted by atomic mass is 16.4. The number of hydrazone groups is 1. The Labute approximate surface area is 196 Å². The zero-order valence-corrected chi connectivity index (χ0v) is 18.8. The van der Waals surface area contributed by atoms with E-state index in [0.717, 1.165) is 51.8 Å². The van der Waals surface area contributed by atoms with E-state index in [1.807, 2.05) is 55.5 Å². The van der Waals surface area contributed by atoms with E-state index >= 15 is 0 Å². The molecule has 2 aromatic heterocycles. The van der Waals surface area contributed by atoms with Crippen molar-refractivity contribution in [3.63, 3.8) is 0 Å². The van der Waals surface area contributed by atoms with Crippen LogP contribution in [0.1, 0.15) is 56.2 Å². The Kier molecular flexibility index (Phi) is 5.91. The summed E-state index contributed by atoms with van der Waals surface area (Å²) in [6.45, 7) is 2.22. The van der Waals surface area contributed by atoms with Gasteiger partial charge in [0.25, 0.3) is 11.8 Å². The summed E-state index contributed by atoms with van der Waals surface area (Å²) in [7, 11) is 0. The summed E-state index contributed by atoms with van der Waals surface area (Å²) >= 11 is 0. The minimum atomic E-state index is -0.283. The summed E-state index contributed by atoms with van der Waals surface area (Å²) < 4.78 is 5.95. The number of rotatable bonds is 5. The fourth-order valence-electron chi connectivity index (χ4n) is 4.36. The SMILES string of the molecule is Cc1c(C(=O)NCc2cccnc2)oc2c1/C(=N/NC(=O)c1cccc3ccccc13)CCC2. The van der Waals surface area contributed by atoms with Gasteiger partial charge in [-0.15, -0.1) is 0 Å². The number of fused-ring (bicyclic) bond motifs is 2. The van der Waals surface area contributed by atoms with Gasteiger partial charge in [0, 0.05) is 42.0 Å². The Morgan fingerprint density at radius 3 is 2.74 bits per heavy atom. The Morgan fingerprint density at radius 2 is 1.88 bits per heavy atom. The van der Waals surface area contributed by atoms with Gasteiger partial charge in [0.15, 0.2) is 5.76 Å². The van der Waals surface area contributed by atoms with E-state index in [4.69, 9.17) is 4.42 Å². The average molecular weight is 453 g/mol. The van der Waals surface area contributed by atoms with Gasteiger partial charge in [0.2, 0.25) is 0 Å². The van der Waals surface area contributed by atoms with Crippen LogP contribution < -0.4 is 10.7 Å². The van der Waals surface area contributed by atoms with Crippen LogP contribution >= 0.6 is 0 Å². The summed E-state index contributed by atoms with van der Waals surface area (Å²) in [4.78, 5) is 29.8. The summed E-state index contributed by atoms with van der Waals surface area (Å²) in [5.74, 6) is 0.458. The van der Waals surface area contributed by atoms with E-state index in [0.29, 0.717) is 18.5 Å². The van der Waals surface area contributed by atoms with Gasteiger partial charge in [-0.25, -0.2) is 5.43 Å². The molecule has 5 rings (SSSR count). The number of carbonyl (C=O) groups is 2. The van der Waals surface area contributed by atoms with Crippen molar-refractivity contribution in [2.24, 2.45) is 5.10 Å². The monoisotopic (exact) mass is 452 g/mol. The smallest absolute Gasteiger partial charge is 0.287 e. The van der Waals surface area contributed by atoms with Crippen LogP contribution in [0.2, 0.25) is 0 Å². The van der Waals surface area contributed by atoms with Crippen molar-refractivity contribution < 1.29 is 14.0 Å². The number of amides is 2. The van der Waals surface area contributed by atoms with E-state index in [2.05, 4.69) is 20.8 Å². The normalized spacial score (nSPS) is 14.1. The van der Waals surface area contributed by atoms with Gasteiger partial charge in [-0.05, 0) is 48.2 Å². The van der Waals surface area contributed by atoms with Crippen LogP contribution in [0.3, 0.4) is 0 Å². The third kappa shape index (κ3) is 4.20. The van der Waals surface area contributed by atoms with Crippen LogP contribution in [-0.2, 0) is 13.0 Å². The molecule has 1 aliphatic carbocycles. The summed E-state index contributed by atoms with van der Waals surface area (Å²) in [5.41, 5.74) is 6.46. The number of benzene rings is 2. The molecule has 2 heterocycles. The second kappa shape index (κ2) is 9.31. The van der Waals surface area contributed by atoms with Crippen molar-refractivity contribution in [1.29, 1.82) is 0 Å². The number of hydrogen-bond acceptors (Lipinski definition) is 5. The first-order chi connectivity index (χ1) is 16.6. The number of carbonyl (C=O) groups excluding carboxylic acids is 2. The highest BCUT2D eigenvalue weighted by Crippen LogP contribution is 2.30. The van der Waals surface area contributed by atoms with Crippen molar-refractivity contribution in [2.75, 3.05) is 0 Å². The van der Waals surface area contributed by atoms with Gasteiger partial charge in [0.05, 0.1) is 5.71 Å². The largest absolute Gasteiger partial charge is 0.455 e. The van der Waals surface area contributed by atoms with E-state index in [1.54, 1.807) is 18.5 Å². The lowest BCUT2D eigenvalue weighted by atomic mass is 9.93. The zero-order valence-electron chi connectivity index (χ0n) is 18.8. The van der Waals surface area contributed by atoms with Crippen molar-refractivity contribution in [1.82, 2.24) is 15.7 Å². The molecule has 2 aromatic carbocycles. The molecule has 0 fully saturated rings. The first kappa shape index (κ1) is 21.6. The second-order valence-corrected chi connectivity index (χ2v) is 8.28. The number of furan rings is 1. The topological polar surface area (TPSA) is 96.6 Å². The molecule has 0 unspecified atom stereocenters. The van der Waals surface area contributed by atoms with E-state index in [9.17, 15) is 9.59 Å². The highest BCUT2D eigenvalue weighted by Gasteiger charge is 2.28. The molecule has 0 bridgehead atoms. The average Bonchev–Trinajstić information content (AvgIpc) is 3.23. The minimum Gasteiger partial charge on any atom is -0.455 e. The predicted octanol–water partition coefficient (Wildman–Crippen LogP) is 4.54. The first-order valence-corrected chi connectivity index (χ1v) is 11.3. The summed E-state index contributed by atoms with van der Waals surface area (Å²) in [6, 6.07) is 17.1. The maximum atomic E-state index is 12.9. The van der Waals surface area contributed by atoms with Crippen molar-refractivity contribution in [3.05, 3.63) is 101 Å². The number of nitrogens with one attached hydrogen (secondary N) is 2. The fourth-order valence-corrected chi connectivity index (χ4v) is 4.36. The van der Waals surface area contributed by atoms with Crippen LogP contribution in [-0.4, -0.2) is 22.5 Å². The summed E-state index contributed by atoms with van der Waals surface area (Å²) in [5, 5.41) is 9.21. The van der Waals surface area contributed by atoms with Gasteiger partial charge in [-0.1, -0.05) is 42.5 Å². The van der Waals surface area contributed by atoms with Crippen molar-refractivity contribution in [2.45, 2.75) is 32.7 Å². The molecule has 4 aromatic rings. The number of pyridine rings is 1. The van der Waals surface area contributed by atoms with Crippen LogP contribution in [0.15, 0.2) is 76.5 Å². The molecule has 0 atom stereocenters. The molecule has 7 nitrogen and oxygen atoms in total. The number of hydrogen-bond donors (Lipinski definition) is 2. The minimum absolute atomic E-state index is 0.271. The third-order valence-corrected chi connectivity index (χ3v) is 6.03. The lowest BCUT2D eigenvalue weighted by molar-refractivity contribution is 0.0919. The Morgan fingerprint density at radius 1 is 1.03 bits per heavy atom. The van der Waals surface area contributed by atoms with Crippen molar-refractivity contribution >= 4 is 28.3 Å². The molecular formula is C27H24N4O3. The predicted molar refractivity (Wildman–Crippen MR) is 130 cm³/mol. The number of aromatic nitrogens is 1. The lowest BCUT2D eigenvalue weighted by Crippen LogP contribution is -2.23. The molecule has 2 amide bonds. The molecule has 7 heteroatoms. The van der Waals surface area contributed by atoms with Crippen molar-refractivity contribution in [3.8, 4) is 0 Å².